The molecule has 0 saturated heterocycles. The van der Waals surface area contributed by atoms with Gasteiger partial charge in [-0.15, -0.1) is 0 Å². The van der Waals surface area contributed by atoms with Crippen molar-refractivity contribution in [1.29, 1.82) is 0 Å². The van der Waals surface area contributed by atoms with Crippen molar-refractivity contribution in [3.63, 3.8) is 0 Å². The number of aryl methyl sites for hydroxylation is 1. The Kier molecular flexibility index (Phi) is 4.03. The summed E-state index contributed by atoms with van der Waals surface area (Å²) in [5.41, 5.74) is 3.29. The van der Waals surface area contributed by atoms with Crippen molar-refractivity contribution < 1.29 is 9.47 Å². The molecule has 4 heteroatoms. The van der Waals surface area contributed by atoms with Crippen LogP contribution in [0.1, 0.15) is 24.1 Å². The second kappa shape index (κ2) is 6.33. The Bertz CT molecular complexity index is 908. The number of rotatable bonds is 3. The van der Waals surface area contributed by atoms with Crippen LogP contribution in [0.2, 0.25) is 5.02 Å². The number of halogens is 1. The zero-order chi connectivity index (χ0) is 16.5. The molecule has 3 aromatic rings. The topological polar surface area (TPSA) is 31.4 Å². The highest BCUT2D eigenvalue weighted by Crippen LogP contribution is 2.35. The fourth-order valence-corrected chi connectivity index (χ4v) is 3.56. The van der Waals surface area contributed by atoms with Crippen LogP contribution in [0.5, 0.6) is 17.2 Å². The van der Waals surface area contributed by atoms with E-state index in [-0.39, 0.29) is 0 Å². The van der Waals surface area contributed by atoms with Gasteiger partial charge in [0.15, 0.2) is 0 Å². The third-order valence-electron chi connectivity index (χ3n) is 4.44. The van der Waals surface area contributed by atoms with E-state index in [0.29, 0.717) is 0 Å². The first-order valence-corrected chi connectivity index (χ1v) is 8.55. The van der Waals surface area contributed by atoms with E-state index in [1.54, 1.807) is 7.11 Å². The van der Waals surface area contributed by atoms with Gasteiger partial charge in [0.2, 0.25) is 0 Å². The molecule has 0 N–H and O–H groups in total. The van der Waals surface area contributed by atoms with Crippen molar-refractivity contribution in [1.82, 2.24) is 4.98 Å². The average Bonchev–Trinajstić information content (AvgIpc) is 2.63. The van der Waals surface area contributed by atoms with E-state index in [9.17, 15) is 0 Å². The van der Waals surface area contributed by atoms with Gasteiger partial charge in [-0.3, -0.25) is 4.98 Å². The van der Waals surface area contributed by atoms with Gasteiger partial charge in [-0.25, -0.2) is 0 Å². The lowest BCUT2D eigenvalue weighted by Crippen LogP contribution is -2.06. The molecule has 1 heterocycles. The third-order valence-corrected chi connectivity index (χ3v) is 4.87. The third kappa shape index (κ3) is 2.80. The Hall–Kier alpha value is -2.26. The lowest BCUT2D eigenvalue weighted by atomic mass is 9.94. The predicted molar refractivity (Wildman–Crippen MR) is 96.5 cm³/mol. The van der Waals surface area contributed by atoms with E-state index >= 15 is 0 Å². The average molecular weight is 340 g/mol. The van der Waals surface area contributed by atoms with Crippen LogP contribution in [0.15, 0.2) is 42.5 Å². The Labute approximate surface area is 146 Å². The normalized spacial score (nSPS) is 13.6. The number of benzene rings is 2. The van der Waals surface area contributed by atoms with Crippen LogP contribution in [0.4, 0.5) is 0 Å². The first-order chi connectivity index (χ1) is 11.7. The first kappa shape index (κ1) is 15.3. The van der Waals surface area contributed by atoms with Gasteiger partial charge in [0, 0.05) is 17.1 Å². The number of fused-ring (bicyclic) bond motifs is 2. The Morgan fingerprint density at radius 2 is 1.75 bits per heavy atom. The molecule has 0 bridgehead atoms. The van der Waals surface area contributed by atoms with Gasteiger partial charge in [0.1, 0.15) is 17.2 Å². The highest BCUT2D eigenvalue weighted by molar-refractivity contribution is 6.36. The maximum atomic E-state index is 6.67. The molecule has 24 heavy (non-hydrogen) atoms. The molecule has 1 aromatic heterocycles. The van der Waals surface area contributed by atoms with Gasteiger partial charge in [0.25, 0.3) is 0 Å². The fraction of sp³-hybridized carbons (Fsp3) is 0.250. The zero-order valence-corrected chi connectivity index (χ0v) is 14.3. The second-order valence-electron chi connectivity index (χ2n) is 6.02. The molecule has 0 saturated carbocycles. The van der Waals surface area contributed by atoms with Gasteiger partial charge in [-0.05, 0) is 61.6 Å². The number of ether oxygens (including phenoxy) is 2. The van der Waals surface area contributed by atoms with Crippen molar-refractivity contribution in [3.8, 4) is 17.2 Å². The number of hydrogen-bond acceptors (Lipinski definition) is 3. The van der Waals surface area contributed by atoms with Crippen molar-refractivity contribution in [2.45, 2.75) is 25.7 Å². The van der Waals surface area contributed by atoms with E-state index in [0.717, 1.165) is 51.7 Å². The van der Waals surface area contributed by atoms with E-state index in [1.165, 1.54) is 18.4 Å². The molecule has 0 unspecified atom stereocenters. The highest BCUT2D eigenvalue weighted by Gasteiger charge is 2.17. The molecule has 3 nitrogen and oxygen atoms in total. The summed E-state index contributed by atoms with van der Waals surface area (Å²) in [6, 6.07) is 13.4. The van der Waals surface area contributed by atoms with Crippen LogP contribution in [0, 0.1) is 0 Å². The molecular formula is C20H18ClNO2. The molecule has 0 amide bonds. The summed E-state index contributed by atoms with van der Waals surface area (Å²) in [6.45, 7) is 0. The minimum absolute atomic E-state index is 0.732. The standard InChI is InChI=1S/C20H18ClNO2/c1-23-13-5-4-6-14(11-13)24-15-9-10-19-17(12-15)20(21)16-7-2-3-8-18(16)22-19/h4-6,9-12H,2-3,7-8H2,1H3. The second-order valence-corrected chi connectivity index (χ2v) is 6.40. The Morgan fingerprint density at radius 3 is 2.62 bits per heavy atom. The van der Waals surface area contributed by atoms with Crippen LogP contribution in [0.25, 0.3) is 10.9 Å². The molecule has 2 aromatic carbocycles. The van der Waals surface area contributed by atoms with E-state index in [2.05, 4.69) is 0 Å². The van der Waals surface area contributed by atoms with Crippen molar-refractivity contribution in [3.05, 3.63) is 58.7 Å². The molecule has 0 atom stereocenters. The number of hydrogen-bond donors (Lipinski definition) is 0. The van der Waals surface area contributed by atoms with Crippen LogP contribution >= 0.6 is 11.6 Å². The highest BCUT2D eigenvalue weighted by atomic mass is 35.5. The largest absolute Gasteiger partial charge is 0.497 e. The molecule has 0 aliphatic heterocycles. The van der Waals surface area contributed by atoms with Crippen molar-refractivity contribution >= 4 is 22.5 Å². The first-order valence-electron chi connectivity index (χ1n) is 8.17. The minimum Gasteiger partial charge on any atom is -0.497 e. The number of nitrogens with zero attached hydrogens (tertiary/aromatic N) is 1. The van der Waals surface area contributed by atoms with Crippen LogP contribution in [0.3, 0.4) is 0 Å². The van der Waals surface area contributed by atoms with Gasteiger partial charge >= 0.3 is 0 Å². The molecule has 0 spiro atoms. The van der Waals surface area contributed by atoms with Gasteiger partial charge in [-0.2, -0.15) is 0 Å². The maximum absolute atomic E-state index is 6.67. The molecular weight excluding hydrogens is 322 g/mol. The number of methoxy groups -OCH3 is 1. The summed E-state index contributed by atoms with van der Waals surface area (Å²) < 4.78 is 11.2. The summed E-state index contributed by atoms with van der Waals surface area (Å²) in [4.78, 5) is 4.79. The zero-order valence-electron chi connectivity index (χ0n) is 13.5. The fourth-order valence-electron chi connectivity index (χ4n) is 3.21. The molecule has 1 aliphatic carbocycles. The van der Waals surface area contributed by atoms with Crippen LogP contribution < -0.4 is 9.47 Å². The smallest absolute Gasteiger partial charge is 0.131 e. The molecule has 122 valence electrons. The molecule has 0 fully saturated rings. The lowest BCUT2D eigenvalue weighted by Gasteiger charge is -2.18. The van der Waals surface area contributed by atoms with E-state index < -0.39 is 0 Å². The monoisotopic (exact) mass is 339 g/mol. The van der Waals surface area contributed by atoms with Gasteiger partial charge in [0.05, 0.1) is 17.6 Å². The van der Waals surface area contributed by atoms with Gasteiger partial charge < -0.3 is 9.47 Å². The summed E-state index contributed by atoms with van der Waals surface area (Å²) in [6.07, 6.45) is 4.41. The molecule has 1 aliphatic rings. The van der Waals surface area contributed by atoms with E-state index in [4.69, 9.17) is 26.1 Å². The summed E-state index contributed by atoms with van der Waals surface area (Å²) in [5.74, 6) is 2.24. The van der Waals surface area contributed by atoms with Crippen molar-refractivity contribution in [2.24, 2.45) is 0 Å². The summed E-state index contributed by atoms with van der Waals surface area (Å²) in [7, 11) is 1.64. The van der Waals surface area contributed by atoms with Crippen LogP contribution in [-0.2, 0) is 12.8 Å². The summed E-state index contributed by atoms with van der Waals surface area (Å²) >= 11 is 6.67. The quantitative estimate of drug-likeness (QED) is 0.625. The van der Waals surface area contributed by atoms with Crippen LogP contribution in [-0.4, -0.2) is 12.1 Å². The molecule has 4 rings (SSSR count). The lowest BCUT2D eigenvalue weighted by molar-refractivity contribution is 0.409. The number of pyridine rings is 1. The summed E-state index contributed by atoms with van der Waals surface area (Å²) in [5, 5.41) is 1.78. The van der Waals surface area contributed by atoms with E-state index in [1.807, 2.05) is 42.5 Å². The Balaban J connectivity index is 1.73. The molecule has 0 radical (unpaired) electrons. The Morgan fingerprint density at radius 1 is 0.958 bits per heavy atom. The maximum Gasteiger partial charge on any atom is 0.131 e. The minimum atomic E-state index is 0.732. The SMILES string of the molecule is COc1cccc(Oc2ccc3nc4c(c(Cl)c3c2)CCCC4)c1. The van der Waals surface area contributed by atoms with Gasteiger partial charge in [-0.1, -0.05) is 17.7 Å². The number of aromatic nitrogens is 1. The van der Waals surface area contributed by atoms with Crippen molar-refractivity contribution in [2.75, 3.05) is 7.11 Å². The predicted octanol–water partition coefficient (Wildman–Crippen LogP) is 5.57.